The molecule has 13 rings (SSSR count). The standard InChI is InChI=1S/C27H30FN5O2.C19H21FN4O3.C18H19FN4O3.C17H19FN4O2.C2H3ClO.CH4.Li.H2O/c1-3-23(18-8-5-4-6-9-18)32-27(35)21-12-11-19(14-22(21)28)25-26(29)30-15-24(31-25)20-10-7-13-33(16-20)17(2)34;1-11(25)24-7-3-4-13(10-24)16-9-22-18(21)17(23-16)12-5-6-14(15(20)8-12)19(26)27-2;1-10(24)23-6-2-3-12(9-23)15-8-21-17(20)16(22-15)11-4-5-13(18(25)26)14(19)7-11;1-24-17(23)12-5-4-10(7-13(12)18)15-16(19)21-9-14(22-15)11-3-2-6-20-8-11;1-2(3)4;;;/h4-6,8-9,11-12,14-15,20,23H,3,7,10,13,16H2,1-2H3,(H2,29,30)(H,32,35);5-6,8-9,13H,3-4,7,10H2,1-2H3,(H2,21,22);4-5,7-8,12H,2-3,6,9H2,1H3,(H2,20,21)(H,25,26);4-5,7,9,11,20H,2-3,6,8H2,1H3,(H2,19,21);1H3;1H4;;1H2/q;;;;;;+1;/p-1/t20?,23-;;;;;;;/m1......./s1. The van der Waals surface area contributed by atoms with Crippen LogP contribution in [-0.4, -0.2) is 179 Å². The van der Waals surface area contributed by atoms with E-state index in [0.717, 1.165) is 107 Å². The van der Waals surface area contributed by atoms with E-state index in [4.69, 9.17) is 28.0 Å². The summed E-state index contributed by atoms with van der Waals surface area (Å²) in [6.45, 7) is 13.6. The number of methoxy groups -OCH3 is 2. The fourth-order valence-corrected chi connectivity index (χ4v) is 13.8. The first kappa shape index (κ1) is 95.9. The summed E-state index contributed by atoms with van der Waals surface area (Å²) in [5.41, 5.74) is 30.2. The van der Waals surface area contributed by atoms with Crippen molar-refractivity contribution in [3.63, 3.8) is 0 Å². The van der Waals surface area contributed by atoms with Crippen molar-refractivity contribution in [1.82, 2.24) is 65.2 Å². The Balaban J connectivity index is 0.000000242. The number of carboxylic acids is 1. The Hall–Kier alpha value is -11.9. The van der Waals surface area contributed by atoms with Gasteiger partial charge in [0.25, 0.3) is 5.91 Å². The zero-order chi connectivity index (χ0) is 84.0. The van der Waals surface area contributed by atoms with Crippen molar-refractivity contribution in [1.29, 1.82) is 0 Å². The number of carboxylic acid groups (broad SMARTS) is 1. The van der Waals surface area contributed by atoms with Gasteiger partial charge < -0.3 is 68.3 Å². The molecule has 12 N–H and O–H groups in total. The van der Waals surface area contributed by atoms with E-state index in [1.54, 1.807) is 71.5 Å². The number of anilines is 4. The molecule has 0 saturated carbocycles. The van der Waals surface area contributed by atoms with Crippen molar-refractivity contribution >= 4 is 81.7 Å². The van der Waals surface area contributed by atoms with Gasteiger partial charge in [0, 0.05) is 119 Å². The molecule has 29 nitrogen and oxygen atoms in total. The smallest absolute Gasteiger partial charge is 0.870 e. The fraction of sp³-hybridized carbons (Fsp3) is 0.357. The molecule has 4 aliphatic rings. The van der Waals surface area contributed by atoms with Gasteiger partial charge in [-0.2, -0.15) is 0 Å². The molecule has 4 unspecified atom stereocenters. The number of esters is 2. The normalized spacial score (nSPS) is 16.2. The molecule has 8 heterocycles. The minimum Gasteiger partial charge on any atom is -0.870 e. The topological polar surface area (TPSA) is 446 Å². The van der Waals surface area contributed by atoms with Crippen LogP contribution in [0.5, 0.6) is 0 Å². The average Bonchev–Trinajstić information content (AvgIpc) is 0.814. The summed E-state index contributed by atoms with van der Waals surface area (Å²) in [7, 11) is 2.40. The van der Waals surface area contributed by atoms with Gasteiger partial charge in [0.1, 0.15) is 69.3 Å². The Morgan fingerprint density at radius 2 is 0.815 bits per heavy atom. The molecule has 119 heavy (non-hydrogen) atoms. The number of halogens is 5. The van der Waals surface area contributed by atoms with E-state index in [1.807, 2.05) is 37.3 Å². The second kappa shape index (κ2) is 45.2. The second-order valence-electron chi connectivity index (χ2n) is 28.0. The molecule has 5 atom stereocenters. The number of rotatable bonds is 15. The van der Waals surface area contributed by atoms with Gasteiger partial charge in [0.05, 0.1) is 90.1 Å². The average molecular weight is 1660 g/mol. The maximum absolute atomic E-state index is 15.1. The number of nitrogens with zero attached hydrogens (tertiary/aromatic N) is 11. The van der Waals surface area contributed by atoms with Crippen LogP contribution in [0.4, 0.5) is 40.8 Å². The molecule has 9 aromatic rings. The van der Waals surface area contributed by atoms with E-state index in [2.05, 4.69) is 71.6 Å². The Morgan fingerprint density at radius 3 is 1.10 bits per heavy atom. The molecule has 0 spiro atoms. The van der Waals surface area contributed by atoms with Crippen molar-refractivity contribution in [2.75, 3.05) is 89.5 Å². The molecule has 0 bridgehead atoms. The van der Waals surface area contributed by atoms with Gasteiger partial charge in [0.2, 0.25) is 23.0 Å². The summed E-state index contributed by atoms with van der Waals surface area (Å²) in [5.74, 6) is -5.02. The molecule has 626 valence electrons. The third-order valence-corrected chi connectivity index (χ3v) is 20.0. The summed E-state index contributed by atoms with van der Waals surface area (Å²) in [5, 5.41) is 14.8. The molecule has 4 fully saturated rings. The van der Waals surface area contributed by atoms with Gasteiger partial charge in [0.15, 0.2) is 0 Å². The first-order chi connectivity index (χ1) is 55.5. The number of piperidine rings is 4. The number of hydrogen-bond acceptors (Lipinski definition) is 24. The van der Waals surface area contributed by atoms with Crippen LogP contribution < -0.4 is 52.4 Å². The molecular formula is C84H97ClF4LiN17O12. The number of nitrogen functional groups attached to an aromatic ring is 4. The van der Waals surface area contributed by atoms with E-state index in [-0.39, 0.29) is 124 Å². The summed E-state index contributed by atoms with van der Waals surface area (Å²) in [6, 6.07) is 25.7. The maximum Gasteiger partial charge on any atom is 1.00 e. The van der Waals surface area contributed by atoms with Crippen LogP contribution in [0.2, 0.25) is 0 Å². The molecule has 4 aliphatic heterocycles. The Kier molecular flexibility index (Phi) is 36.4. The van der Waals surface area contributed by atoms with E-state index in [9.17, 15) is 51.5 Å². The molecular weight excluding hydrogens is 1560 g/mol. The SMILES string of the molecule is C.CC(=O)Cl.CC(=O)N1CCCC(c2cnc(N)c(-c3ccc(C(=O)O)c(F)c3)n2)C1.CC[C@@H](NC(=O)c1ccc(-c2nc(C3CCCN(C(C)=O)C3)cnc2N)cc1F)c1ccccc1.COC(=O)c1ccc(-c2nc(C3CCCN(C(C)=O)C3)cnc2N)cc1F.COC(=O)c1ccc(-c2nc(C3CCCNC3)cnc2N)cc1F.[Li+].[OH-]. The van der Waals surface area contributed by atoms with Crippen LogP contribution in [0.15, 0.2) is 128 Å². The number of aromatic nitrogens is 8. The minimum atomic E-state index is -1.34. The first-order valence-corrected chi connectivity index (χ1v) is 37.9. The quantitative estimate of drug-likeness (QED) is 0.0217. The molecule has 5 aromatic carbocycles. The van der Waals surface area contributed by atoms with E-state index in [0.29, 0.717) is 82.5 Å². The number of nitrogens with one attached hydrogen (secondary N) is 2. The zero-order valence-electron chi connectivity index (χ0n) is 66.6. The largest absolute Gasteiger partial charge is 1.00 e. The van der Waals surface area contributed by atoms with Crippen LogP contribution in [-0.2, 0) is 28.7 Å². The van der Waals surface area contributed by atoms with Crippen LogP contribution in [0.25, 0.3) is 45.0 Å². The van der Waals surface area contributed by atoms with Crippen molar-refractivity contribution in [2.24, 2.45) is 0 Å². The number of hydrogen-bond donors (Lipinski definition) is 7. The van der Waals surface area contributed by atoms with E-state index < -0.39 is 52.6 Å². The number of carbonyl (C=O) groups excluding carboxylic acids is 7. The Morgan fingerprint density at radius 1 is 0.504 bits per heavy atom. The monoisotopic (exact) mass is 1650 g/mol. The molecule has 35 heteroatoms. The number of benzene rings is 5. The molecule has 4 amide bonds. The maximum atomic E-state index is 15.1. The predicted octanol–water partition coefficient (Wildman–Crippen LogP) is 9.49. The van der Waals surface area contributed by atoms with Crippen LogP contribution in [0, 0.1) is 23.3 Å². The summed E-state index contributed by atoms with van der Waals surface area (Å²) < 4.78 is 66.6. The van der Waals surface area contributed by atoms with Crippen LogP contribution in [0.1, 0.15) is 199 Å². The van der Waals surface area contributed by atoms with Gasteiger partial charge in [-0.1, -0.05) is 68.9 Å². The fourth-order valence-electron chi connectivity index (χ4n) is 13.8. The molecule has 4 aromatic heterocycles. The third-order valence-electron chi connectivity index (χ3n) is 20.0. The summed E-state index contributed by atoms with van der Waals surface area (Å²) >= 11 is 4.64. The second-order valence-corrected chi connectivity index (χ2v) is 28.5. The third kappa shape index (κ3) is 25.6. The predicted molar refractivity (Wildman–Crippen MR) is 437 cm³/mol. The molecule has 0 aliphatic carbocycles. The number of likely N-dealkylation sites (tertiary alicyclic amines) is 3. The van der Waals surface area contributed by atoms with Crippen LogP contribution >= 0.6 is 11.6 Å². The van der Waals surface area contributed by atoms with E-state index >= 15 is 4.39 Å². The Bertz CT molecular complexity index is 5080. The van der Waals surface area contributed by atoms with Crippen molar-refractivity contribution in [3.8, 4) is 45.0 Å². The van der Waals surface area contributed by atoms with Gasteiger partial charge >= 0.3 is 36.8 Å². The first-order valence-electron chi connectivity index (χ1n) is 37.6. The summed E-state index contributed by atoms with van der Waals surface area (Å²) in [6.07, 6.45) is 14.5. The van der Waals surface area contributed by atoms with E-state index in [1.165, 1.54) is 76.6 Å². The van der Waals surface area contributed by atoms with Crippen molar-refractivity contribution in [3.05, 3.63) is 202 Å². The minimum absolute atomic E-state index is 0. The van der Waals surface area contributed by atoms with Crippen molar-refractivity contribution < 1.29 is 94.8 Å². The molecule has 4 saturated heterocycles. The number of aromatic carboxylic acids is 1. The zero-order valence-corrected chi connectivity index (χ0v) is 67.4. The number of ether oxygens (including phenoxy) is 2. The van der Waals surface area contributed by atoms with Crippen molar-refractivity contribution in [2.45, 2.75) is 130 Å². The van der Waals surface area contributed by atoms with Crippen LogP contribution in [0.3, 0.4) is 0 Å². The van der Waals surface area contributed by atoms with Gasteiger partial charge in [-0.15, -0.1) is 0 Å². The van der Waals surface area contributed by atoms with Gasteiger partial charge in [-0.05, 0) is 130 Å². The Labute approximate surface area is 703 Å². The molecule has 0 radical (unpaired) electrons. The van der Waals surface area contributed by atoms with Gasteiger partial charge in [-0.25, -0.2) is 71.8 Å². The summed E-state index contributed by atoms with van der Waals surface area (Å²) in [4.78, 5) is 132. The van der Waals surface area contributed by atoms with Gasteiger partial charge in [-0.3, -0.25) is 24.0 Å². The number of amides is 4. The number of nitrogens with two attached hydrogens (primary N) is 4. The number of carbonyl (C=O) groups is 8.